The Morgan fingerprint density at radius 3 is 2.56 bits per heavy atom. The van der Waals surface area contributed by atoms with Gasteiger partial charge in [0.05, 0.1) is 18.1 Å². The zero-order valence-corrected chi connectivity index (χ0v) is 17.5. The summed E-state index contributed by atoms with van der Waals surface area (Å²) in [5.41, 5.74) is -2.59. The molecule has 1 aliphatic rings. The molecule has 12 heteroatoms. The lowest BCUT2D eigenvalue weighted by Crippen LogP contribution is -2.48. The molecule has 7 nitrogen and oxygen atoms in total. The van der Waals surface area contributed by atoms with Crippen molar-refractivity contribution in [1.29, 1.82) is 0 Å². The molecule has 2 aromatic rings. The highest BCUT2D eigenvalue weighted by molar-refractivity contribution is 7.89. The van der Waals surface area contributed by atoms with Crippen LogP contribution < -0.4 is 5.32 Å². The highest BCUT2D eigenvalue weighted by Crippen LogP contribution is 2.26. The van der Waals surface area contributed by atoms with Gasteiger partial charge in [-0.05, 0) is 24.3 Å². The van der Waals surface area contributed by atoms with E-state index >= 15 is 0 Å². The number of aliphatic hydroxyl groups is 1. The Labute approximate surface area is 181 Å². The van der Waals surface area contributed by atoms with Crippen molar-refractivity contribution in [2.45, 2.75) is 17.2 Å². The number of ether oxygens (including phenoxy) is 1. The summed E-state index contributed by atoms with van der Waals surface area (Å²) < 4.78 is 85.5. The van der Waals surface area contributed by atoms with Crippen LogP contribution in [0.1, 0.15) is 15.9 Å². The molecule has 0 saturated carbocycles. The number of hydrogen-bond acceptors (Lipinski definition) is 5. The first-order valence-electron chi connectivity index (χ1n) is 9.41. The second kappa shape index (κ2) is 9.53. The van der Waals surface area contributed by atoms with E-state index in [9.17, 15) is 35.9 Å². The molecule has 0 aliphatic carbocycles. The molecule has 32 heavy (non-hydrogen) atoms. The van der Waals surface area contributed by atoms with Gasteiger partial charge in [-0.25, -0.2) is 26.0 Å². The maximum atomic E-state index is 13.5. The van der Waals surface area contributed by atoms with Crippen LogP contribution in [0.2, 0.25) is 0 Å². The number of anilines is 1. The average molecular weight is 476 g/mol. The van der Waals surface area contributed by atoms with Crippen molar-refractivity contribution >= 4 is 21.6 Å². The SMILES string of the molecule is O=C(Nc1ccc(F)c(F)c1)c1ccc(CF)c(S(=O)(=O)N2CCOCC(O)(CF)C2)c1. The van der Waals surface area contributed by atoms with Crippen molar-refractivity contribution in [2.75, 3.05) is 38.3 Å². The quantitative estimate of drug-likeness (QED) is 0.625. The number of carbonyl (C=O) groups is 1. The molecule has 174 valence electrons. The molecule has 0 aromatic heterocycles. The van der Waals surface area contributed by atoms with Gasteiger partial charge in [0.15, 0.2) is 11.6 Å². The van der Waals surface area contributed by atoms with Gasteiger partial charge in [0.2, 0.25) is 10.0 Å². The Morgan fingerprint density at radius 1 is 1.16 bits per heavy atom. The average Bonchev–Trinajstić information content (AvgIpc) is 2.98. The van der Waals surface area contributed by atoms with Crippen molar-refractivity contribution < 1.29 is 40.6 Å². The summed E-state index contributed by atoms with van der Waals surface area (Å²) in [6.45, 7) is -3.81. The molecule has 1 atom stereocenters. The smallest absolute Gasteiger partial charge is 0.255 e. The van der Waals surface area contributed by atoms with E-state index in [4.69, 9.17) is 4.74 Å². The van der Waals surface area contributed by atoms with E-state index in [0.29, 0.717) is 0 Å². The van der Waals surface area contributed by atoms with Gasteiger partial charge in [0, 0.05) is 36.0 Å². The van der Waals surface area contributed by atoms with E-state index < -0.39 is 64.6 Å². The van der Waals surface area contributed by atoms with E-state index in [1.807, 2.05) is 0 Å². The zero-order valence-electron chi connectivity index (χ0n) is 16.7. The lowest BCUT2D eigenvalue weighted by Gasteiger charge is -2.28. The number of alkyl halides is 2. The van der Waals surface area contributed by atoms with Crippen LogP contribution in [0, 0.1) is 11.6 Å². The minimum atomic E-state index is -4.45. The third kappa shape index (κ3) is 5.09. The molecule has 2 N–H and O–H groups in total. The first-order chi connectivity index (χ1) is 15.1. The van der Waals surface area contributed by atoms with Crippen LogP contribution in [0.4, 0.5) is 23.2 Å². The van der Waals surface area contributed by atoms with Crippen LogP contribution in [0.25, 0.3) is 0 Å². The number of amides is 1. The first-order valence-corrected chi connectivity index (χ1v) is 10.9. The van der Waals surface area contributed by atoms with E-state index in [0.717, 1.165) is 34.6 Å². The van der Waals surface area contributed by atoms with Crippen molar-refractivity contribution in [3.05, 3.63) is 59.2 Å². The molecule has 3 rings (SSSR count). The van der Waals surface area contributed by atoms with Crippen molar-refractivity contribution in [1.82, 2.24) is 4.31 Å². The van der Waals surface area contributed by atoms with Crippen LogP contribution in [0.3, 0.4) is 0 Å². The Hall–Kier alpha value is -2.54. The predicted octanol–water partition coefficient (Wildman–Crippen LogP) is 2.41. The van der Waals surface area contributed by atoms with Gasteiger partial charge < -0.3 is 15.2 Å². The van der Waals surface area contributed by atoms with Crippen molar-refractivity contribution in [3.8, 4) is 0 Å². The number of rotatable bonds is 6. The molecule has 0 bridgehead atoms. The standard InChI is InChI=1S/C20H20F4N2O5S/c21-9-14-2-1-13(19(27)25-15-3-4-16(23)17(24)8-15)7-18(14)32(29,30)26-5-6-31-12-20(28,10-22)11-26/h1-4,7-8,28H,5-6,9-12H2,(H,25,27). The molecule has 2 aromatic carbocycles. The van der Waals surface area contributed by atoms with Crippen LogP contribution in [-0.4, -0.2) is 62.3 Å². The van der Waals surface area contributed by atoms with Crippen LogP contribution in [0.5, 0.6) is 0 Å². The number of β-amino-alcohol motifs (C(OH)–C–C–N with tert-alkyl or cyclic N) is 1. The van der Waals surface area contributed by atoms with Gasteiger partial charge >= 0.3 is 0 Å². The van der Waals surface area contributed by atoms with Gasteiger partial charge in [0.25, 0.3) is 5.91 Å². The second-order valence-electron chi connectivity index (χ2n) is 7.29. The fraction of sp³-hybridized carbons (Fsp3) is 0.350. The van der Waals surface area contributed by atoms with Gasteiger partial charge in [-0.3, -0.25) is 4.79 Å². The molecule has 1 amide bonds. The number of carbonyl (C=O) groups excluding carboxylic acids is 1. The van der Waals surface area contributed by atoms with Gasteiger partial charge in [-0.1, -0.05) is 6.07 Å². The summed E-state index contributed by atoms with van der Waals surface area (Å²) in [5.74, 6) is -3.15. The molecule has 0 spiro atoms. The van der Waals surface area contributed by atoms with Gasteiger partial charge in [0.1, 0.15) is 19.0 Å². The predicted molar refractivity (Wildman–Crippen MR) is 106 cm³/mol. The highest BCUT2D eigenvalue weighted by atomic mass is 32.2. The van der Waals surface area contributed by atoms with E-state index in [1.165, 1.54) is 6.07 Å². The topological polar surface area (TPSA) is 95.9 Å². The van der Waals surface area contributed by atoms with Crippen LogP contribution in [0.15, 0.2) is 41.3 Å². The summed E-state index contributed by atoms with van der Waals surface area (Å²) in [4.78, 5) is 12.0. The van der Waals surface area contributed by atoms with E-state index in [2.05, 4.69) is 5.32 Å². The molecule has 1 saturated heterocycles. The summed E-state index contributed by atoms with van der Waals surface area (Å²) >= 11 is 0. The van der Waals surface area contributed by atoms with E-state index in [-0.39, 0.29) is 30.0 Å². The molecule has 1 heterocycles. The largest absolute Gasteiger partial charge is 0.383 e. The highest BCUT2D eigenvalue weighted by Gasteiger charge is 2.39. The summed E-state index contributed by atoms with van der Waals surface area (Å²) in [6, 6.07) is 5.87. The zero-order chi connectivity index (χ0) is 23.5. The van der Waals surface area contributed by atoms with E-state index in [1.54, 1.807) is 0 Å². The summed E-state index contributed by atoms with van der Waals surface area (Å²) in [6.07, 6.45) is 0. The molecule has 1 fully saturated rings. The Balaban J connectivity index is 1.94. The van der Waals surface area contributed by atoms with Crippen molar-refractivity contribution in [2.24, 2.45) is 0 Å². The van der Waals surface area contributed by atoms with Gasteiger partial charge in [-0.15, -0.1) is 0 Å². The minimum absolute atomic E-state index is 0.0782. The van der Waals surface area contributed by atoms with Crippen LogP contribution >= 0.6 is 0 Å². The lowest BCUT2D eigenvalue weighted by atomic mass is 10.1. The lowest BCUT2D eigenvalue weighted by molar-refractivity contribution is -0.0467. The third-order valence-corrected chi connectivity index (χ3v) is 6.77. The van der Waals surface area contributed by atoms with Crippen LogP contribution in [-0.2, 0) is 21.4 Å². The number of nitrogens with one attached hydrogen (secondary N) is 1. The fourth-order valence-electron chi connectivity index (χ4n) is 3.13. The number of nitrogens with zero attached hydrogens (tertiary/aromatic N) is 1. The Kier molecular flexibility index (Phi) is 7.18. The Bertz CT molecular complexity index is 1120. The van der Waals surface area contributed by atoms with Crippen molar-refractivity contribution in [3.63, 3.8) is 0 Å². The normalized spacial score (nSPS) is 20.0. The number of hydrogen-bond donors (Lipinski definition) is 2. The number of benzene rings is 2. The maximum Gasteiger partial charge on any atom is 0.255 e. The first kappa shape index (κ1) is 24.1. The Morgan fingerprint density at radius 2 is 1.91 bits per heavy atom. The monoisotopic (exact) mass is 476 g/mol. The molecular weight excluding hydrogens is 456 g/mol. The maximum absolute atomic E-state index is 13.5. The third-order valence-electron chi connectivity index (χ3n) is 4.84. The fourth-order valence-corrected chi connectivity index (χ4v) is 4.86. The van der Waals surface area contributed by atoms with Gasteiger partial charge in [-0.2, -0.15) is 4.31 Å². The molecule has 1 unspecified atom stereocenters. The summed E-state index contributed by atoms with van der Waals surface area (Å²) in [7, 11) is -4.45. The molecule has 0 radical (unpaired) electrons. The summed E-state index contributed by atoms with van der Waals surface area (Å²) in [5, 5.41) is 12.5. The molecule has 1 aliphatic heterocycles. The number of halogens is 4. The second-order valence-corrected chi connectivity index (χ2v) is 9.19. The minimum Gasteiger partial charge on any atom is -0.383 e. The molecular formula is C20H20F4N2O5S. The number of sulfonamides is 1.